The number of β-amino-alcohol motifs (C(OH)–C–C–N with tert-alkyl or cyclic N) is 1. The van der Waals surface area contributed by atoms with Crippen LogP contribution in [-0.4, -0.2) is 22.6 Å². The first kappa shape index (κ1) is 10.7. The summed E-state index contributed by atoms with van der Waals surface area (Å²) in [6.07, 6.45) is -0.323. The first-order valence-electron chi connectivity index (χ1n) is 5.59. The standard InChI is InChI=1S/C13H19NO/c1-9(2)14-7-11-5-4-10(3)6-12(11)13(15)8-14/h4-6,9,13,15H,7-8H2,1-3H3. The van der Waals surface area contributed by atoms with Crippen LogP contribution in [0.1, 0.15) is 36.6 Å². The van der Waals surface area contributed by atoms with Crippen molar-refractivity contribution in [2.45, 2.75) is 39.5 Å². The zero-order valence-corrected chi connectivity index (χ0v) is 9.70. The predicted molar refractivity (Wildman–Crippen MR) is 61.7 cm³/mol. The van der Waals surface area contributed by atoms with Crippen LogP contribution in [0.15, 0.2) is 18.2 Å². The largest absolute Gasteiger partial charge is 0.387 e. The van der Waals surface area contributed by atoms with Crippen molar-refractivity contribution < 1.29 is 5.11 Å². The lowest BCUT2D eigenvalue weighted by Gasteiger charge is -2.35. The monoisotopic (exact) mass is 205 g/mol. The second-order valence-electron chi connectivity index (χ2n) is 4.74. The maximum atomic E-state index is 10.1. The summed E-state index contributed by atoms with van der Waals surface area (Å²) in [5, 5.41) is 10.1. The van der Waals surface area contributed by atoms with Gasteiger partial charge in [0.1, 0.15) is 0 Å². The maximum Gasteiger partial charge on any atom is 0.0920 e. The van der Waals surface area contributed by atoms with Crippen molar-refractivity contribution >= 4 is 0 Å². The van der Waals surface area contributed by atoms with Crippen LogP contribution in [0.4, 0.5) is 0 Å². The summed E-state index contributed by atoms with van der Waals surface area (Å²) in [5.41, 5.74) is 3.62. The van der Waals surface area contributed by atoms with Gasteiger partial charge in [-0.05, 0) is 31.9 Å². The van der Waals surface area contributed by atoms with E-state index in [1.807, 2.05) is 0 Å². The molecular formula is C13H19NO. The molecule has 2 rings (SSSR count). The number of aryl methyl sites for hydroxylation is 1. The fourth-order valence-corrected chi connectivity index (χ4v) is 2.17. The molecule has 0 aromatic heterocycles. The Morgan fingerprint density at radius 2 is 2.13 bits per heavy atom. The highest BCUT2D eigenvalue weighted by Gasteiger charge is 2.24. The molecule has 0 aliphatic carbocycles. The summed E-state index contributed by atoms with van der Waals surface area (Å²) in [5.74, 6) is 0. The van der Waals surface area contributed by atoms with E-state index in [2.05, 4.69) is 43.9 Å². The predicted octanol–water partition coefficient (Wildman–Crippen LogP) is 2.25. The van der Waals surface area contributed by atoms with E-state index in [4.69, 9.17) is 0 Å². The van der Waals surface area contributed by atoms with Crippen LogP contribution in [0, 0.1) is 6.92 Å². The van der Waals surface area contributed by atoms with Gasteiger partial charge in [-0.1, -0.05) is 23.8 Å². The SMILES string of the molecule is Cc1ccc2c(c1)C(O)CN(C(C)C)C2. The van der Waals surface area contributed by atoms with Gasteiger partial charge in [0.05, 0.1) is 6.10 Å². The molecule has 1 aromatic carbocycles. The minimum absolute atomic E-state index is 0.323. The van der Waals surface area contributed by atoms with Gasteiger partial charge in [-0.3, -0.25) is 4.90 Å². The summed E-state index contributed by atoms with van der Waals surface area (Å²) >= 11 is 0. The molecule has 1 aromatic rings. The second-order valence-corrected chi connectivity index (χ2v) is 4.74. The van der Waals surface area contributed by atoms with E-state index in [1.165, 1.54) is 11.1 Å². The molecule has 0 radical (unpaired) electrons. The Morgan fingerprint density at radius 1 is 1.40 bits per heavy atom. The van der Waals surface area contributed by atoms with E-state index in [0.29, 0.717) is 6.04 Å². The number of benzene rings is 1. The van der Waals surface area contributed by atoms with Crippen molar-refractivity contribution in [1.29, 1.82) is 0 Å². The lowest BCUT2D eigenvalue weighted by molar-refractivity contribution is 0.0744. The number of aliphatic hydroxyl groups excluding tert-OH is 1. The molecule has 0 fully saturated rings. The topological polar surface area (TPSA) is 23.5 Å². The first-order valence-corrected chi connectivity index (χ1v) is 5.59. The highest BCUT2D eigenvalue weighted by atomic mass is 16.3. The Balaban J connectivity index is 2.32. The van der Waals surface area contributed by atoms with Crippen molar-refractivity contribution in [3.05, 3.63) is 34.9 Å². The minimum Gasteiger partial charge on any atom is -0.387 e. The highest BCUT2D eigenvalue weighted by Crippen LogP contribution is 2.28. The van der Waals surface area contributed by atoms with Crippen molar-refractivity contribution in [2.75, 3.05) is 6.54 Å². The van der Waals surface area contributed by atoms with Gasteiger partial charge in [-0.25, -0.2) is 0 Å². The molecule has 1 aliphatic rings. The maximum absolute atomic E-state index is 10.1. The van der Waals surface area contributed by atoms with Gasteiger partial charge in [-0.15, -0.1) is 0 Å². The van der Waals surface area contributed by atoms with Gasteiger partial charge in [0.25, 0.3) is 0 Å². The molecule has 1 heterocycles. The molecule has 0 bridgehead atoms. The molecule has 1 N–H and O–H groups in total. The Bertz CT molecular complexity index is 360. The molecule has 1 aliphatic heterocycles. The van der Waals surface area contributed by atoms with Crippen LogP contribution in [0.25, 0.3) is 0 Å². The van der Waals surface area contributed by atoms with Crippen LogP contribution in [0.2, 0.25) is 0 Å². The molecule has 2 heteroatoms. The Hall–Kier alpha value is -0.860. The molecule has 82 valence electrons. The summed E-state index contributed by atoms with van der Waals surface area (Å²) < 4.78 is 0. The fourth-order valence-electron chi connectivity index (χ4n) is 2.17. The smallest absolute Gasteiger partial charge is 0.0920 e. The Morgan fingerprint density at radius 3 is 2.80 bits per heavy atom. The van der Waals surface area contributed by atoms with Crippen LogP contribution in [0.5, 0.6) is 0 Å². The summed E-state index contributed by atoms with van der Waals surface area (Å²) in [6, 6.07) is 6.87. The van der Waals surface area contributed by atoms with E-state index in [1.54, 1.807) is 0 Å². The van der Waals surface area contributed by atoms with Gasteiger partial charge in [0.15, 0.2) is 0 Å². The lowest BCUT2D eigenvalue weighted by atomic mass is 9.95. The van der Waals surface area contributed by atoms with Crippen LogP contribution >= 0.6 is 0 Å². The Labute approximate surface area is 91.5 Å². The molecule has 0 amide bonds. The highest BCUT2D eigenvalue weighted by molar-refractivity contribution is 5.35. The van der Waals surface area contributed by atoms with Crippen LogP contribution < -0.4 is 0 Å². The Kier molecular flexibility index (Phi) is 2.81. The molecule has 0 saturated heterocycles. The first-order chi connectivity index (χ1) is 7.08. The zero-order chi connectivity index (χ0) is 11.0. The van der Waals surface area contributed by atoms with E-state index in [9.17, 15) is 5.11 Å². The van der Waals surface area contributed by atoms with Gasteiger partial charge >= 0.3 is 0 Å². The van der Waals surface area contributed by atoms with Gasteiger partial charge in [0.2, 0.25) is 0 Å². The van der Waals surface area contributed by atoms with E-state index in [-0.39, 0.29) is 6.10 Å². The van der Waals surface area contributed by atoms with Crippen molar-refractivity contribution in [3.8, 4) is 0 Å². The summed E-state index contributed by atoms with van der Waals surface area (Å²) in [7, 11) is 0. The quantitative estimate of drug-likeness (QED) is 0.760. The molecule has 0 spiro atoms. The third-order valence-corrected chi connectivity index (χ3v) is 3.17. The number of aliphatic hydroxyl groups is 1. The second kappa shape index (κ2) is 3.95. The number of hydrogen-bond donors (Lipinski definition) is 1. The zero-order valence-electron chi connectivity index (χ0n) is 9.70. The number of fused-ring (bicyclic) bond motifs is 1. The number of nitrogens with zero attached hydrogens (tertiary/aromatic N) is 1. The fraction of sp³-hybridized carbons (Fsp3) is 0.538. The average Bonchev–Trinajstić information content (AvgIpc) is 2.18. The molecule has 1 unspecified atom stereocenters. The van der Waals surface area contributed by atoms with Gasteiger partial charge in [0, 0.05) is 19.1 Å². The normalized spacial score (nSPS) is 21.8. The minimum atomic E-state index is -0.323. The van der Waals surface area contributed by atoms with Crippen LogP contribution in [0.3, 0.4) is 0 Å². The molecule has 0 saturated carbocycles. The van der Waals surface area contributed by atoms with Crippen LogP contribution in [-0.2, 0) is 6.54 Å². The summed E-state index contributed by atoms with van der Waals surface area (Å²) in [4.78, 5) is 2.31. The van der Waals surface area contributed by atoms with Gasteiger partial charge in [-0.2, -0.15) is 0 Å². The van der Waals surface area contributed by atoms with Gasteiger partial charge < -0.3 is 5.11 Å². The summed E-state index contributed by atoms with van der Waals surface area (Å²) in [6.45, 7) is 8.14. The van der Waals surface area contributed by atoms with Crippen molar-refractivity contribution in [2.24, 2.45) is 0 Å². The lowest BCUT2D eigenvalue weighted by Crippen LogP contribution is -2.38. The van der Waals surface area contributed by atoms with E-state index in [0.717, 1.165) is 18.7 Å². The third-order valence-electron chi connectivity index (χ3n) is 3.17. The van der Waals surface area contributed by atoms with Crippen molar-refractivity contribution in [3.63, 3.8) is 0 Å². The van der Waals surface area contributed by atoms with Crippen molar-refractivity contribution in [1.82, 2.24) is 4.90 Å². The third kappa shape index (κ3) is 2.06. The number of hydrogen-bond acceptors (Lipinski definition) is 2. The number of rotatable bonds is 1. The average molecular weight is 205 g/mol. The molecule has 2 nitrogen and oxygen atoms in total. The molecule has 15 heavy (non-hydrogen) atoms. The molecular weight excluding hydrogens is 186 g/mol. The van der Waals surface area contributed by atoms with E-state index < -0.39 is 0 Å². The van der Waals surface area contributed by atoms with E-state index >= 15 is 0 Å². The molecule has 1 atom stereocenters.